The summed E-state index contributed by atoms with van der Waals surface area (Å²) in [7, 11) is 2.18. The summed E-state index contributed by atoms with van der Waals surface area (Å²) in [6.07, 6.45) is 1.15. The second kappa shape index (κ2) is 8.05. The number of fused-ring (bicyclic) bond motifs is 1. The van der Waals surface area contributed by atoms with Crippen LogP contribution < -0.4 is 4.90 Å². The Kier molecular flexibility index (Phi) is 6.04. The zero-order valence-electron chi connectivity index (χ0n) is 14.0. The average molecular weight is 398 g/mol. The van der Waals surface area contributed by atoms with Crippen molar-refractivity contribution in [3.05, 3.63) is 33.2 Å². The lowest BCUT2D eigenvalue weighted by Gasteiger charge is -2.19. The number of aromatic nitrogens is 3. The van der Waals surface area contributed by atoms with Crippen molar-refractivity contribution < 1.29 is 4.90 Å². The predicted molar refractivity (Wildman–Crippen MR) is 107 cm³/mol. The van der Waals surface area contributed by atoms with Gasteiger partial charge in [0.25, 0.3) is 0 Å². The monoisotopic (exact) mass is 397 g/mol. The Morgan fingerprint density at radius 1 is 1.33 bits per heavy atom. The third kappa shape index (κ3) is 4.05. The van der Waals surface area contributed by atoms with E-state index in [0.717, 1.165) is 37.7 Å². The topological polar surface area (TPSA) is 35.2 Å². The van der Waals surface area contributed by atoms with Crippen molar-refractivity contribution in [3.63, 3.8) is 0 Å². The van der Waals surface area contributed by atoms with Crippen molar-refractivity contribution >= 4 is 56.9 Å². The van der Waals surface area contributed by atoms with E-state index in [1.807, 2.05) is 10.7 Å². The molecular weight excluding hydrogens is 376 g/mol. The first-order valence-electron chi connectivity index (χ1n) is 7.97. The van der Waals surface area contributed by atoms with Crippen LogP contribution in [0.3, 0.4) is 0 Å². The molecule has 3 rings (SSSR count). The fraction of sp³-hybridized carbons (Fsp3) is 0.438. The summed E-state index contributed by atoms with van der Waals surface area (Å²) in [6.45, 7) is 5.16. The number of nitrogens with one attached hydrogen (secondary N) is 1. The van der Waals surface area contributed by atoms with Gasteiger partial charge in [-0.05, 0) is 37.7 Å². The molecule has 0 aliphatic rings. The molecule has 1 aromatic carbocycles. The second-order valence-electron chi connectivity index (χ2n) is 5.73. The molecule has 8 heteroatoms. The molecule has 2 heterocycles. The van der Waals surface area contributed by atoms with Gasteiger partial charge in [0, 0.05) is 5.75 Å². The summed E-state index contributed by atoms with van der Waals surface area (Å²) in [6, 6.07) is 8.61. The van der Waals surface area contributed by atoms with Crippen molar-refractivity contribution in [2.75, 3.05) is 12.8 Å². The zero-order valence-corrected chi connectivity index (χ0v) is 17.2. The van der Waals surface area contributed by atoms with Gasteiger partial charge in [0.2, 0.25) is 0 Å². The molecular formula is C16H21N4S4+. The number of hydrogen-bond acceptors (Lipinski definition) is 6. The highest BCUT2D eigenvalue weighted by molar-refractivity contribution is 8.01. The summed E-state index contributed by atoms with van der Waals surface area (Å²) in [4.78, 5) is 6.12. The Morgan fingerprint density at radius 3 is 2.88 bits per heavy atom. The number of nitrogens with zero attached hydrogens (tertiary/aromatic N) is 3. The van der Waals surface area contributed by atoms with Gasteiger partial charge in [0.1, 0.15) is 6.04 Å². The smallest absolute Gasteiger partial charge is 0.185 e. The molecule has 3 aromatic rings. The molecule has 1 N–H and O–H groups in total. The molecule has 0 bridgehead atoms. The van der Waals surface area contributed by atoms with Crippen LogP contribution in [0.25, 0.3) is 10.2 Å². The molecule has 0 aliphatic carbocycles. The highest BCUT2D eigenvalue weighted by Gasteiger charge is 2.21. The minimum absolute atomic E-state index is 0.303. The molecule has 4 nitrogen and oxygen atoms in total. The van der Waals surface area contributed by atoms with E-state index < -0.39 is 0 Å². The maximum absolute atomic E-state index is 5.48. The number of thioether (sulfide) groups is 1. The fourth-order valence-corrected chi connectivity index (χ4v) is 5.66. The van der Waals surface area contributed by atoms with Gasteiger partial charge in [-0.1, -0.05) is 42.2 Å². The minimum atomic E-state index is 0.303. The van der Waals surface area contributed by atoms with Gasteiger partial charge in [-0.2, -0.15) is 4.68 Å². The first-order valence-corrected chi connectivity index (χ1v) is 11.0. The van der Waals surface area contributed by atoms with Crippen LogP contribution in [0.4, 0.5) is 0 Å². The van der Waals surface area contributed by atoms with E-state index in [1.165, 1.54) is 9.60 Å². The van der Waals surface area contributed by atoms with Crippen LogP contribution in [0.1, 0.15) is 31.3 Å². The zero-order chi connectivity index (χ0) is 17.1. The van der Waals surface area contributed by atoms with Crippen LogP contribution in [0, 0.1) is 3.95 Å². The molecule has 0 saturated carbocycles. The van der Waals surface area contributed by atoms with Crippen LogP contribution >= 0.6 is 46.7 Å². The average Bonchev–Trinajstić information content (AvgIpc) is 3.16. The van der Waals surface area contributed by atoms with Crippen LogP contribution in [0.2, 0.25) is 0 Å². The maximum atomic E-state index is 5.48. The van der Waals surface area contributed by atoms with Crippen LogP contribution in [0.5, 0.6) is 0 Å². The second-order valence-corrected chi connectivity index (χ2v) is 9.75. The van der Waals surface area contributed by atoms with Crippen molar-refractivity contribution in [2.24, 2.45) is 0 Å². The first-order chi connectivity index (χ1) is 11.6. The molecule has 0 saturated heterocycles. The van der Waals surface area contributed by atoms with E-state index in [-0.39, 0.29) is 0 Å². The van der Waals surface area contributed by atoms with Gasteiger partial charge in [0.05, 0.1) is 17.3 Å². The van der Waals surface area contributed by atoms with E-state index in [4.69, 9.17) is 17.2 Å². The molecule has 24 heavy (non-hydrogen) atoms. The Hall–Kier alpha value is -0.800. The molecule has 0 amide bonds. The molecule has 0 spiro atoms. The van der Waals surface area contributed by atoms with E-state index in [0.29, 0.717) is 6.04 Å². The third-order valence-electron chi connectivity index (χ3n) is 3.84. The Balaban J connectivity index is 1.73. The van der Waals surface area contributed by atoms with Crippen molar-refractivity contribution in [3.8, 4) is 0 Å². The van der Waals surface area contributed by atoms with Crippen molar-refractivity contribution in [1.29, 1.82) is 0 Å². The Morgan fingerprint density at radius 2 is 2.12 bits per heavy atom. The summed E-state index contributed by atoms with van der Waals surface area (Å²) < 4.78 is 5.12. The van der Waals surface area contributed by atoms with Crippen LogP contribution in [-0.2, 0) is 6.67 Å². The number of quaternary nitrogens is 1. The molecule has 128 valence electrons. The molecule has 2 atom stereocenters. The summed E-state index contributed by atoms with van der Waals surface area (Å²) in [5, 5.41) is 5.83. The largest absolute Gasteiger partial charge is 0.311 e. The van der Waals surface area contributed by atoms with Crippen LogP contribution in [0.15, 0.2) is 28.6 Å². The van der Waals surface area contributed by atoms with Gasteiger partial charge in [-0.3, -0.25) is 0 Å². The highest BCUT2D eigenvalue weighted by atomic mass is 32.2. The molecule has 2 aromatic heterocycles. The molecule has 0 fully saturated rings. The normalized spacial score (nSPS) is 14.1. The van der Waals surface area contributed by atoms with Gasteiger partial charge < -0.3 is 4.90 Å². The molecule has 0 aliphatic heterocycles. The quantitative estimate of drug-likeness (QED) is 0.482. The lowest BCUT2D eigenvalue weighted by molar-refractivity contribution is -0.933. The van der Waals surface area contributed by atoms with Gasteiger partial charge >= 0.3 is 0 Å². The van der Waals surface area contributed by atoms with Gasteiger partial charge in [-0.15, -0.1) is 16.4 Å². The number of benzene rings is 1. The van der Waals surface area contributed by atoms with E-state index >= 15 is 0 Å². The number of thiazole rings is 1. The summed E-state index contributed by atoms with van der Waals surface area (Å²) in [5.74, 6) is 1.09. The van der Waals surface area contributed by atoms with Crippen molar-refractivity contribution in [1.82, 2.24) is 14.8 Å². The SMILES string of the molecule is CCCSc1nn(C[NH+](C)[C@@H](C)c2nc3ccccc3s2)c(=S)s1. The van der Waals surface area contributed by atoms with Crippen LogP contribution in [-0.4, -0.2) is 27.6 Å². The summed E-state index contributed by atoms with van der Waals surface area (Å²) in [5.41, 5.74) is 1.08. The fourth-order valence-electron chi connectivity index (χ4n) is 2.29. The highest BCUT2D eigenvalue weighted by Crippen LogP contribution is 2.25. The third-order valence-corrected chi connectivity index (χ3v) is 7.70. The molecule has 0 radical (unpaired) electrons. The molecule has 1 unspecified atom stereocenters. The maximum Gasteiger partial charge on any atom is 0.185 e. The number of para-hydroxylation sites is 1. The minimum Gasteiger partial charge on any atom is -0.311 e. The standard InChI is InChI=1S/C16H20N4S4/c1-4-9-22-15-18-20(16(21)24-15)10-19(3)11(2)14-17-12-7-5-6-8-13(12)23-14/h5-8,11H,4,9-10H2,1-3H3/p+1/t11-/m0/s1. The summed E-state index contributed by atoms with van der Waals surface area (Å²) >= 11 is 10.7. The number of rotatable bonds is 7. The van der Waals surface area contributed by atoms with E-state index in [2.05, 4.69) is 44.2 Å². The van der Waals surface area contributed by atoms with E-state index in [1.54, 1.807) is 34.4 Å². The lowest BCUT2D eigenvalue weighted by atomic mass is 10.3. The van der Waals surface area contributed by atoms with Crippen molar-refractivity contribution in [2.45, 2.75) is 37.3 Å². The predicted octanol–water partition coefficient (Wildman–Crippen LogP) is 4.02. The number of hydrogen-bond donors (Lipinski definition) is 1. The van der Waals surface area contributed by atoms with Gasteiger partial charge in [-0.25, -0.2) is 4.98 Å². The van der Waals surface area contributed by atoms with Gasteiger partial charge in [0.15, 0.2) is 20.0 Å². The lowest BCUT2D eigenvalue weighted by Crippen LogP contribution is -3.08. The Bertz CT molecular complexity index is 833. The Labute approximate surface area is 159 Å². The first kappa shape index (κ1) is 18.0. The van der Waals surface area contributed by atoms with E-state index in [9.17, 15) is 0 Å².